The number of nitrogens with zero attached hydrogens (tertiary/aromatic N) is 2. The average Bonchev–Trinajstić information content (AvgIpc) is 2.69. The number of nitrogens with one attached hydrogen (secondary N) is 1. The van der Waals surface area contributed by atoms with Gasteiger partial charge in [-0.25, -0.2) is 0 Å². The van der Waals surface area contributed by atoms with Gasteiger partial charge < -0.3 is 10.2 Å². The van der Waals surface area contributed by atoms with Crippen LogP contribution in [0.3, 0.4) is 0 Å². The third-order valence-corrected chi connectivity index (χ3v) is 6.70. The number of benzene rings is 1. The number of aromatic nitrogens is 1. The number of piperidine rings is 3. The molecule has 2 bridgehead atoms. The minimum absolute atomic E-state index is 0.0958. The largest absolute Gasteiger partial charge is 0.348 e. The second kappa shape index (κ2) is 8.13. The highest BCUT2D eigenvalue weighted by molar-refractivity contribution is 8.00. The summed E-state index contributed by atoms with van der Waals surface area (Å²) in [5, 5.41) is 3.61. The Bertz CT molecular complexity index is 916. The predicted molar refractivity (Wildman–Crippen MR) is 113 cm³/mol. The molecular formula is C22H27N3O2S. The molecule has 28 heavy (non-hydrogen) atoms. The molecule has 0 radical (unpaired) electrons. The molecule has 6 heteroatoms. The fourth-order valence-corrected chi connectivity index (χ4v) is 5.15. The molecule has 0 aliphatic carbocycles. The van der Waals surface area contributed by atoms with E-state index in [9.17, 15) is 9.59 Å². The van der Waals surface area contributed by atoms with Crippen LogP contribution in [0.5, 0.6) is 0 Å². The number of amides is 1. The van der Waals surface area contributed by atoms with E-state index in [-0.39, 0.29) is 17.5 Å². The van der Waals surface area contributed by atoms with Crippen molar-refractivity contribution < 1.29 is 4.79 Å². The van der Waals surface area contributed by atoms with Crippen LogP contribution >= 0.6 is 11.8 Å². The number of hydrogen-bond donors (Lipinski definition) is 1. The lowest BCUT2D eigenvalue weighted by atomic mass is 9.84. The van der Waals surface area contributed by atoms with Crippen LogP contribution in [0.15, 0.2) is 52.3 Å². The molecule has 2 aromatic rings. The number of carbonyl (C=O) groups excluding carboxylic acids is 1. The maximum Gasteiger partial charge on any atom is 0.255 e. The van der Waals surface area contributed by atoms with E-state index in [0.29, 0.717) is 16.7 Å². The van der Waals surface area contributed by atoms with Crippen molar-refractivity contribution in [1.29, 1.82) is 0 Å². The lowest BCUT2D eigenvalue weighted by Crippen LogP contribution is -2.57. The smallest absolute Gasteiger partial charge is 0.255 e. The molecule has 4 heterocycles. The summed E-state index contributed by atoms with van der Waals surface area (Å²) in [6.45, 7) is 7.48. The van der Waals surface area contributed by atoms with E-state index in [2.05, 4.69) is 24.1 Å². The SMILES string of the molecule is CC(C)Sc1ccccc1-n1cc(C(=O)NC2CN3CCC2CC3)ccc1=O. The Kier molecular flexibility index (Phi) is 5.60. The molecule has 3 aliphatic rings. The number of rotatable bonds is 5. The first-order chi connectivity index (χ1) is 13.5. The number of hydrogen-bond acceptors (Lipinski definition) is 4. The predicted octanol–water partition coefficient (Wildman–Crippen LogP) is 3.16. The van der Waals surface area contributed by atoms with Gasteiger partial charge in [-0.15, -0.1) is 11.8 Å². The Labute approximate surface area is 170 Å². The highest BCUT2D eigenvalue weighted by atomic mass is 32.2. The fraction of sp³-hybridized carbons (Fsp3) is 0.455. The topological polar surface area (TPSA) is 54.3 Å². The zero-order chi connectivity index (χ0) is 19.7. The highest BCUT2D eigenvalue weighted by Crippen LogP contribution is 2.29. The van der Waals surface area contributed by atoms with Gasteiger partial charge in [-0.1, -0.05) is 26.0 Å². The molecule has 3 aliphatic heterocycles. The molecule has 0 spiro atoms. The Morgan fingerprint density at radius 1 is 1.14 bits per heavy atom. The summed E-state index contributed by atoms with van der Waals surface area (Å²) in [5.74, 6) is 0.476. The normalized spacial score (nSPS) is 23.8. The Morgan fingerprint density at radius 3 is 2.57 bits per heavy atom. The number of thioether (sulfide) groups is 1. The Morgan fingerprint density at radius 2 is 1.89 bits per heavy atom. The van der Waals surface area contributed by atoms with Gasteiger partial charge in [0.1, 0.15) is 0 Å². The number of fused-ring (bicyclic) bond motifs is 3. The number of para-hydroxylation sites is 1. The van der Waals surface area contributed by atoms with Crippen LogP contribution in [0.4, 0.5) is 0 Å². The number of carbonyl (C=O) groups is 1. The van der Waals surface area contributed by atoms with Gasteiger partial charge in [0.05, 0.1) is 11.3 Å². The molecule has 3 saturated heterocycles. The standard InChI is InChI=1S/C22H27N3O2S/c1-15(2)28-20-6-4-3-5-19(20)25-13-17(7-8-21(25)26)22(27)23-18-14-24-11-9-16(18)10-12-24/h3-8,13,15-16,18H,9-12,14H2,1-2H3,(H,23,27). The van der Waals surface area contributed by atoms with Gasteiger partial charge in [0.2, 0.25) is 0 Å². The van der Waals surface area contributed by atoms with Crippen LogP contribution in [-0.4, -0.2) is 46.3 Å². The van der Waals surface area contributed by atoms with E-state index in [4.69, 9.17) is 0 Å². The van der Waals surface area contributed by atoms with E-state index in [1.165, 1.54) is 6.07 Å². The van der Waals surface area contributed by atoms with E-state index < -0.39 is 0 Å². The molecule has 1 aromatic carbocycles. The van der Waals surface area contributed by atoms with Gasteiger partial charge in [-0.2, -0.15) is 0 Å². The van der Waals surface area contributed by atoms with Gasteiger partial charge in [0.15, 0.2) is 0 Å². The molecule has 3 fully saturated rings. The van der Waals surface area contributed by atoms with Gasteiger partial charge >= 0.3 is 0 Å². The van der Waals surface area contributed by atoms with Crippen molar-refractivity contribution >= 4 is 17.7 Å². The van der Waals surface area contributed by atoms with Crippen molar-refractivity contribution in [3.63, 3.8) is 0 Å². The van der Waals surface area contributed by atoms with Crippen molar-refractivity contribution in [3.8, 4) is 5.69 Å². The minimum atomic E-state index is -0.129. The first-order valence-electron chi connectivity index (χ1n) is 10.0. The molecular weight excluding hydrogens is 370 g/mol. The third kappa shape index (κ3) is 4.03. The average molecular weight is 398 g/mol. The van der Waals surface area contributed by atoms with E-state index in [1.54, 1.807) is 28.6 Å². The third-order valence-electron chi connectivity index (χ3n) is 5.63. The van der Waals surface area contributed by atoms with E-state index in [1.807, 2.05) is 24.3 Å². The summed E-state index contributed by atoms with van der Waals surface area (Å²) in [6, 6.07) is 11.2. The molecule has 1 N–H and O–H groups in total. The summed E-state index contributed by atoms with van der Waals surface area (Å²) >= 11 is 1.71. The maximum atomic E-state index is 12.9. The molecule has 5 nitrogen and oxygen atoms in total. The van der Waals surface area contributed by atoms with Crippen LogP contribution in [0.2, 0.25) is 0 Å². The molecule has 1 aromatic heterocycles. The molecule has 1 atom stereocenters. The molecule has 1 amide bonds. The zero-order valence-corrected chi connectivity index (χ0v) is 17.2. The quantitative estimate of drug-likeness (QED) is 0.788. The Hall–Kier alpha value is -2.05. The summed E-state index contributed by atoms with van der Waals surface area (Å²) < 4.78 is 1.59. The van der Waals surface area contributed by atoms with Crippen LogP contribution in [0.25, 0.3) is 5.69 Å². The lowest BCUT2D eigenvalue weighted by Gasteiger charge is -2.44. The summed E-state index contributed by atoms with van der Waals surface area (Å²) in [4.78, 5) is 28.9. The molecule has 1 unspecified atom stereocenters. The summed E-state index contributed by atoms with van der Waals surface area (Å²) in [6.07, 6.45) is 3.99. The van der Waals surface area contributed by atoms with Gasteiger partial charge in [0.25, 0.3) is 11.5 Å². The van der Waals surface area contributed by atoms with E-state index >= 15 is 0 Å². The van der Waals surface area contributed by atoms with Crippen molar-refractivity contribution in [2.45, 2.75) is 42.9 Å². The second-order valence-corrected chi connectivity index (χ2v) is 9.60. The molecule has 148 valence electrons. The monoisotopic (exact) mass is 397 g/mol. The summed E-state index contributed by atoms with van der Waals surface area (Å²) in [5.41, 5.74) is 1.22. The first-order valence-corrected chi connectivity index (χ1v) is 10.9. The van der Waals surface area contributed by atoms with Crippen molar-refractivity contribution in [3.05, 3.63) is 58.5 Å². The van der Waals surface area contributed by atoms with Gasteiger partial charge in [0, 0.05) is 35.0 Å². The first kappa shape index (κ1) is 19.3. The summed E-state index contributed by atoms with van der Waals surface area (Å²) in [7, 11) is 0. The second-order valence-electron chi connectivity index (χ2n) is 7.98. The van der Waals surface area contributed by atoms with Gasteiger partial charge in [-0.05, 0) is 50.0 Å². The van der Waals surface area contributed by atoms with Gasteiger partial charge in [-0.3, -0.25) is 14.2 Å². The fourth-order valence-electron chi connectivity index (χ4n) is 4.20. The van der Waals surface area contributed by atoms with Crippen LogP contribution < -0.4 is 10.9 Å². The highest BCUT2D eigenvalue weighted by Gasteiger charge is 2.35. The number of pyridine rings is 1. The van der Waals surface area contributed by atoms with E-state index in [0.717, 1.165) is 43.1 Å². The maximum absolute atomic E-state index is 12.9. The lowest BCUT2D eigenvalue weighted by molar-refractivity contribution is 0.0620. The molecule has 5 rings (SSSR count). The van der Waals surface area contributed by atoms with Crippen molar-refractivity contribution in [2.24, 2.45) is 5.92 Å². The Balaban J connectivity index is 1.59. The van der Waals surface area contributed by atoms with Crippen LogP contribution in [0.1, 0.15) is 37.0 Å². The van der Waals surface area contributed by atoms with Crippen LogP contribution in [0, 0.1) is 5.92 Å². The van der Waals surface area contributed by atoms with Crippen LogP contribution in [-0.2, 0) is 0 Å². The molecule has 0 saturated carbocycles. The van der Waals surface area contributed by atoms with Crippen molar-refractivity contribution in [1.82, 2.24) is 14.8 Å². The zero-order valence-electron chi connectivity index (χ0n) is 16.4. The van der Waals surface area contributed by atoms with Crippen molar-refractivity contribution in [2.75, 3.05) is 19.6 Å². The minimum Gasteiger partial charge on any atom is -0.348 e.